The monoisotopic (exact) mass is 263 g/mol. The first-order valence-corrected chi connectivity index (χ1v) is 7.69. The highest BCUT2D eigenvalue weighted by atomic mass is 16.5. The lowest BCUT2D eigenvalue weighted by atomic mass is 9.92. The Morgan fingerprint density at radius 2 is 1.74 bits per heavy atom. The van der Waals surface area contributed by atoms with Gasteiger partial charge in [-0.05, 0) is 43.0 Å². The van der Waals surface area contributed by atoms with Crippen molar-refractivity contribution >= 4 is 0 Å². The summed E-state index contributed by atoms with van der Waals surface area (Å²) in [4.78, 5) is 0. The molecule has 2 atom stereocenters. The summed E-state index contributed by atoms with van der Waals surface area (Å²) in [6.45, 7) is 10.8. The maximum atomic E-state index is 5.64. The van der Waals surface area contributed by atoms with Gasteiger partial charge in [0.05, 0.1) is 6.61 Å². The molecule has 2 nitrogen and oxygen atoms in total. The summed E-state index contributed by atoms with van der Waals surface area (Å²) in [5, 5.41) is 3.66. The number of hydrogen-bond acceptors (Lipinski definition) is 2. The van der Waals surface area contributed by atoms with E-state index in [-0.39, 0.29) is 0 Å². The highest BCUT2D eigenvalue weighted by molar-refractivity contribution is 5.29. The van der Waals surface area contributed by atoms with Crippen molar-refractivity contribution in [2.24, 2.45) is 5.92 Å². The lowest BCUT2D eigenvalue weighted by molar-refractivity contribution is 0.317. The molecule has 0 aliphatic heterocycles. The van der Waals surface area contributed by atoms with Crippen LogP contribution in [0, 0.1) is 5.92 Å². The summed E-state index contributed by atoms with van der Waals surface area (Å²) in [6, 6.07) is 9.03. The van der Waals surface area contributed by atoms with Gasteiger partial charge in [0, 0.05) is 6.04 Å². The Morgan fingerprint density at radius 1 is 1.05 bits per heavy atom. The molecule has 0 aliphatic carbocycles. The molecule has 0 aliphatic rings. The molecule has 0 saturated carbocycles. The minimum Gasteiger partial charge on any atom is -0.494 e. The van der Waals surface area contributed by atoms with Crippen molar-refractivity contribution in [1.82, 2.24) is 5.32 Å². The smallest absolute Gasteiger partial charge is 0.119 e. The Morgan fingerprint density at radius 3 is 2.26 bits per heavy atom. The lowest BCUT2D eigenvalue weighted by Crippen LogP contribution is -2.27. The van der Waals surface area contributed by atoms with Gasteiger partial charge in [-0.3, -0.25) is 0 Å². The summed E-state index contributed by atoms with van der Waals surface area (Å²) in [7, 11) is 0. The molecule has 0 spiro atoms. The van der Waals surface area contributed by atoms with Crippen molar-refractivity contribution in [3.63, 3.8) is 0 Å². The fraction of sp³-hybridized carbons (Fsp3) is 0.647. The van der Waals surface area contributed by atoms with Crippen molar-refractivity contribution in [2.75, 3.05) is 13.2 Å². The first-order valence-electron chi connectivity index (χ1n) is 7.69. The molecule has 2 unspecified atom stereocenters. The summed E-state index contributed by atoms with van der Waals surface area (Å²) >= 11 is 0. The first kappa shape index (κ1) is 16.0. The van der Waals surface area contributed by atoms with Crippen molar-refractivity contribution in [3.05, 3.63) is 29.8 Å². The maximum Gasteiger partial charge on any atom is 0.119 e. The molecule has 1 N–H and O–H groups in total. The maximum absolute atomic E-state index is 5.64. The van der Waals surface area contributed by atoms with Crippen LogP contribution in [0.25, 0.3) is 0 Å². The second-order valence-corrected chi connectivity index (χ2v) is 5.23. The van der Waals surface area contributed by atoms with Crippen molar-refractivity contribution in [1.29, 1.82) is 0 Å². The van der Waals surface area contributed by atoms with E-state index in [1.54, 1.807) is 0 Å². The van der Waals surface area contributed by atoms with Gasteiger partial charge in [-0.25, -0.2) is 0 Å². The number of benzene rings is 1. The van der Waals surface area contributed by atoms with Crippen LogP contribution in [0.1, 0.15) is 58.6 Å². The first-order chi connectivity index (χ1) is 9.22. The number of nitrogens with one attached hydrogen (secondary N) is 1. The molecule has 0 aromatic heterocycles. The van der Waals surface area contributed by atoms with Gasteiger partial charge >= 0.3 is 0 Å². The Balaban J connectivity index is 2.72. The van der Waals surface area contributed by atoms with Crippen LogP contribution in [0.15, 0.2) is 24.3 Å². The fourth-order valence-electron chi connectivity index (χ4n) is 2.17. The van der Waals surface area contributed by atoms with Crippen molar-refractivity contribution in [2.45, 2.75) is 53.0 Å². The van der Waals surface area contributed by atoms with Crippen LogP contribution < -0.4 is 10.1 Å². The van der Waals surface area contributed by atoms with Gasteiger partial charge in [-0.2, -0.15) is 0 Å². The van der Waals surface area contributed by atoms with E-state index in [1.807, 2.05) is 0 Å². The average molecular weight is 263 g/mol. The zero-order valence-corrected chi connectivity index (χ0v) is 12.9. The van der Waals surface area contributed by atoms with E-state index in [4.69, 9.17) is 4.74 Å². The van der Waals surface area contributed by atoms with E-state index in [0.717, 1.165) is 25.3 Å². The van der Waals surface area contributed by atoms with E-state index in [9.17, 15) is 0 Å². The molecule has 0 bridgehead atoms. The molecule has 19 heavy (non-hydrogen) atoms. The van der Waals surface area contributed by atoms with Gasteiger partial charge < -0.3 is 10.1 Å². The van der Waals surface area contributed by atoms with Gasteiger partial charge in [-0.15, -0.1) is 0 Å². The number of rotatable bonds is 9. The Hall–Kier alpha value is -1.02. The third-order valence-electron chi connectivity index (χ3n) is 3.54. The van der Waals surface area contributed by atoms with E-state index >= 15 is 0 Å². The normalized spacial score (nSPS) is 14.1. The van der Waals surface area contributed by atoms with Crippen LogP contribution in [0.2, 0.25) is 0 Å². The Kier molecular flexibility index (Phi) is 7.57. The number of hydrogen-bond donors (Lipinski definition) is 1. The summed E-state index contributed by atoms with van der Waals surface area (Å²) < 4.78 is 5.64. The van der Waals surface area contributed by atoms with Crippen molar-refractivity contribution < 1.29 is 4.74 Å². The summed E-state index contributed by atoms with van der Waals surface area (Å²) in [6.07, 6.45) is 3.41. The predicted molar refractivity (Wildman–Crippen MR) is 82.7 cm³/mol. The molecular formula is C17H29NO. The second-order valence-electron chi connectivity index (χ2n) is 5.23. The molecule has 2 heteroatoms. The van der Waals surface area contributed by atoms with E-state index in [1.165, 1.54) is 18.4 Å². The van der Waals surface area contributed by atoms with Gasteiger partial charge in [0.15, 0.2) is 0 Å². The molecule has 0 amide bonds. The third kappa shape index (κ3) is 5.23. The molecule has 0 radical (unpaired) electrons. The largest absolute Gasteiger partial charge is 0.494 e. The highest BCUT2D eigenvalue weighted by Crippen LogP contribution is 2.26. The van der Waals surface area contributed by atoms with Crippen LogP contribution in [0.3, 0.4) is 0 Å². The van der Waals surface area contributed by atoms with Gasteiger partial charge in [0.25, 0.3) is 0 Å². The van der Waals surface area contributed by atoms with Crippen LogP contribution in [-0.2, 0) is 0 Å². The lowest BCUT2D eigenvalue weighted by Gasteiger charge is -2.25. The van der Waals surface area contributed by atoms with Gasteiger partial charge in [0.2, 0.25) is 0 Å². The molecule has 0 saturated heterocycles. The molecule has 1 aromatic rings. The van der Waals surface area contributed by atoms with Gasteiger partial charge in [0.1, 0.15) is 5.75 Å². The zero-order chi connectivity index (χ0) is 14.1. The SMILES string of the molecule is CCCNC(c1ccc(OCCC)cc1)C(C)CC. The number of ether oxygens (including phenoxy) is 1. The molecule has 1 rings (SSSR count). The Bertz CT molecular complexity index is 334. The van der Waals surface area contributed by atoms with Crippen LogP contribution in [-0.4, -0.2) is 13.2 Å². The minimum absolute atomic E-state index is 0.449. The van der Waals surface area contributed by atoms with E-state index in [0.29, 0.717) is 12.0 Å². The fourth-order valence-corrected chi connectivity index (χ4v) is 2.17. The molecular weight excluding hydrogens is 234 g/mol. The molecule has 1 aromatic carbocycles. The van der Waals surface area contributed by atoms with Crippen LogP contribution >= 0.6 is 0 Å². The van der Waals surface area contributed by atoms with Crippen LogP contribution in [0.5, 0.6) is 5.75 Å². The standard InChI is InChI=1S/C17H29NO/c1-5-12-18-17(14(4)7-3)15-8-10-16(11-9-15)19-13-6-2/h8-11,14,17-18H,5-7,12-13H2,1-4H3. The minimum atomic E-state index is 0.449. The third-order valence-corrected chi connectivity index (χ3v) is 3.54. The van der Waals surface area contributed by atoms with Crippen LogP contribution in [0.4, 0.5) is 0 Å². The Labute approximate surface area is 118 Å². The van der Waals surface area contributed by atoms with E-state index in [2.05, 4.69) is 57.3 Å². The topological polar surface area (TPSA) is 21.3 Å². The molecule has 0 heterocycles. The average Bonchev–Trinajstić information content (AvgIpc) is 2.46. The summed E-state index contributed by atoms with van der Waals surface area (Å²) in [5.41, 5.74) is 1.37. The molecule has 108 valence electrons. The predicted octanol–water partition coefficient (Wildman–Crippen LogP) is 4.56. The highest BCUT2D eigenvalue weighted by Gasteiger charge is 2.16. The quantitative estimate of drug-likeness (QED) is 0.705. The zero-order valence-electron chi connectivity index (χ0n) is 12.9. The summed E-state index contributed by atoms with van der Waals surface area (Å²) in [5.74, 6) is 1.62. The molecule has 0 fully saturated rings. The second kappa shape index (κ2) is 8.98. The van der Waals surface area contributed by atoms with Crippen molar-refractivity contribution in [3.8, 4) is 5.75 Å². The van der Waals surface area contributed by atoms with Gasteiger partial charge in [-0.1, -0.05) is 46.2 Å². The van der Waals surface area contributed by atoms with E-state index < -0.39 is 0 Å².